The van der Waals surface area contributed by atoms with Crippen LogP contribution in [0.1, 0.15) is 35.0 Å². The zero-order valence-electron chi connectivity index (χ0n) is 17.2. The highest BCUT2D eigenvalue weighted by molar-refractivity contribution is 7.99. The first-order valence-electron chi connectivity index (χ1n) is 9.59. The second kappa shape index (κ2) is 9.60. The largest absolute Gasteiger partial charge is 0.485 e. The number of thioether (sulfide) groups is 1. The summed E-state index contributed by atoms with van der Waals surface area (Å²) in [6, 6.07) is 12.1. The predicted octanol–water partition coefficient (Wildman–Crippen LogP) is 4.60. The van der Waals surface area contributed by atoms with E-state index in [0.29, 0.717) is 17.6 Å². The minimum Gasteiger partial charge on any atom is -0.485 e. The van der Waals surface area contributed by atoms with E-state index in [4.69, 9.17) is 4.74 Å². The number of hydrogen-bond acceptors (Lipinski definition) is 5. The number of anilines is 1. The summed E-state index contributed by atoms with van der Waals surface area (Å²) in [5.41, 5.74) is 5.26. The average Bonchev–Trinajstić information content (AvgIpc) is 3.15. The van der Waals surface area contributed by atoms with E-state index in [2.05, 4.69) is 27.4 Å². The molecule has 1 amide bonds. The Bertz CT molecular complexity index is 980. The van der Waals surface area contributed by atoms with Crippen LogP contribution in [0.2, 0.25) is 0 Å². The number of hydrogen-bond donors (Lipinski definition) is 2. The zero-order chi connectivity index (χ0) is 20.8. The molecule has 0 saturated heterocycles. The molecule has 0 atom stereocenters. The molecule has 0 spiro atoms. The Morgan fingerprint density at radius 2 is 1.79 bits per heavy atom. The Morgan fingerprint density at radius 1 is 1.10 bits per heavy atom. The summed E-state index contributed by atoms with van der Waals surface area (Å²) in [4.78, 5) is 16.8. The summed E-state index contributed by atoms with van der Waals surface area (Å²) in [6.07, 6.45) is 0.870. The Kier molecular flexibility index (Phi) is 6.93. The number of nitrogens with one attached hydrogen (secondary N) is 2. The highest BCUT2D eigenvalue weighted by Gasteiger charge is 2.12. The quantitative estimate of drug-likeness (QED) is 0.531. The molecule has 29 heavy (non-hydrogen) atoms. The summed E-state index contributed by atoms with van der Waals surface area (Å²) < 4.78 is 5.89. The van der Waals surface area contributed by atoms with E-state index in [0.717, 1.165) is 40.1 Å². The molecule has 0 aliphatic heterocycles. The topological polar surface area (TPSA) is 79.9 Å². The van der Waals surface area contributed by atoms with Crippen LogP contribution in [0.5, 0.6) is 5.75 Å². The van der Waals surface area contributed by atoms with E-state index in [1.54, 1.807) is 0 Å². The van der Waals surface area contributed by atoms with Crippen molar-refractivity contribution in [3.05, 3.63) is 64.5 Å². The molecule has 0 bridgehead atoms. The third-order valence-electron chi connectivity index (χ3n) is 4.61. The number of benzene rings is 2. The lowest BCUT2D eigenvalue weighted by Crippen LogP contribution is -2.16. The molecule has 2 aromatic carbocycles. The number of para-hydroxylation sites is 2. The van der Waals surface area contributed by atoms with Crippen molar-refractivity contribution in [3.8, 4) is 5.75 Å². The molecule has 0 aliphatic rings. The first-order valence-corrected chi connectivity index (χ1v) is 10.6. The van der Waals surface area contributed by atoms with Crippen molar-refractivity contribution in [1.82, 2.24) is 15.2 Å². The smallest absolute Gasteiger partial charge is 0.234 e. The molecule has 0 radical (unpaired) electrons. The van der Waals surface area contributed by atoms with Gasteiger partial charge in [-0.05, 0) is 49.4 Å². The number of ether oxygens (including phenoxy) is 1. The van der Waals surface area contributed by atoms with Gasteiger partial charge in [-0.25, -0.2) is 4.98 Å². The van der Waals surface area contributed by atoms with Crippen molar-refractivity contribution < 1.29 is 9.53 Å². The lowest BCUT2D eigenvalue weighted by molar-refractivity contribution is -0.113. The summed E-state index contributed by atoms with van der Waals surface area (Å²) in [5.74, 6) is 1.66. The molecule has 0 fully saturated rings. The van der Waals surface area contributed by atoms with E-state index in [-0.39, 0.29) is 11.7 Å². The standard InChI is InChI=1S/C22H26N4O2S/c1-5-17-11-7-8-14(2)20(17)24-19(27)13-29-22-23-18(25-26-22)12-28-21-15(3)9-6-10-16(21)4/h6-11H,5,12-13H2,1-4H3,(H,24,27)(H,23,25,26). The normalized spacial score (nSPS) is 10.8. The van der Waals surface area contributed by atoms with Crippen LogP contribution >= 0.6 is 11.8 Å². The van der Waals surface area contributed by atoms with E-state index in [1.165, 1.54) is 11.8 Å². The van der Waals surface area contributed by atoms with Gasteiger partial charge in [0.15, 0.2) is 5.82 Å². The number of aromatic nitrogens is 3. The van der Waals surface area contributed by atoms with Crippen LogP contribution < -0.4 is 10.1 Å². The van der Waals surface area contributed by atoms with Crippen LogP contribution in [-0.4, -0.2) is 26.8 Å². The number of aryl methyl sites for hydroxylation is 4. The van der Waals surface area contributed by atoms with Crippen molar-refractivity contribution in [2.45, 2.75) is 45.9 Å². The van der Waals surface area contributed by atoms with Crippen molar-refractivity contribution in [3.63, 3.8) is 0 Å². The molecule has 0 unspecified atom stereocenters. The monoisotopic (exact) mass is 410 g/mol. The molecule has 1 aromatic heterocycles. The van der Waals surface area contributed by atoms with Gasteiger partial charge in [0.05, 0.1) is 5.75 Å². The Morgan fingerprint density at radius 3 is 2.52 bits per heavy atom. The van der Waals surface area contributed by atoms with Crippen LogP contribution in [0.15, 0.2) is 41.6 Å². The lowest BCUT2D eigenvalue weighted by atomic mass is 10.1. The highest BCUT2D eigenvalue weighted by Crippen LogP contribution is 2.24. The Labute approximate surface area is 175 Å². The molecule has 2 N–H and O–H groups in total. The van der Waals surface area contributed by atoms with Gasteiger partial charge in [0.1, 0.15) is 12.4 Å². The summed E-state index contributed by atoms with van der Waals surface area (Å²) in [7, 11) is 0. The number of aromatic amines is 1. The molecule has 6 nitrogen and oxygen atoms in total. The molecule has 1 heterocycles. The van der Waals surface area contributed by atoms with Gasteiger partial charge in [-0.2, -0.15) is 0 Å². The van der Waals surface area contributed by atoms with Gasteiger partial charge in [-0.15, -0.1) is 5.10 Å². The summed E-state index contributed by atoms with van der Waals surface area (Å²) in [5, 5.41) is 10.6. The second-order valence-electron chi connectivity index (χ2n) is 6.87. The second-order valence-corrected chi connectivity index (χ2v) is 7.82. The predicted molar refractivity (Wildman–Crippen MR) is 117 cm³/mol. The van der Waals surface area contributed by atoms with Gasteiger partial charge < -0.3 is 10.1 Å². The maximum atomic E-state index is 12.4. The van der Waals surface area contributed by atoms with Gasteiger partial charge in [-0.3, -0.25) is 9.89 Å². The van der Waals surface area contributed by atoms with Crippen molar-refractivity contribution >= 4 is 23.4 Å². The maximum absolute atomic E-state index is 12.4. The number of carbonyl (C=O) groups excluding carboxylic acids is 1. The van der Waals surface area contributed by atoms with Gasteiger partial charge in [0.2, 0.25) is 11.1 Å². The number of amides is 1. The van der Waals surface area contributed by atoms with Crippen LogP contribution in [0.3, 0.4) is 0 Å². The van der Waals surface area contributed by atoms with E-state index in [9.17, 15) is 4.79 Å². The summed E-state index contributed by atoms with van der Waals surface area (Å²) in [6.45, 7) is 8.41. The molecule has 0 saturated carbocycles. The van der Waals surface area contributed by atoms with Crippen molar-refractivity contribution in [1.29, 1.82) is 0 Å². The van der Waals surface area contributed by atoms with Crippen molar-refractivity contribution in [2.24, 2.45) is 0 Å². The van der Waals surface area contributed by atoms with Gasteiger partial charge >= 0.3 is 0 Å². The Balaban J connectivity index is 1.54. The molecular formula is C22H26N4O2S. The third-order valence-corrected chi connectivity index (χ3v) is 5.46. The van der Waals surface area contributed by atoms with Crippen LogP contribution in [-0.2, 0) is 17.8 Å². The minimum atomic E-state index is -0.0721. The van der Waals surface area contributed by atoms with Crippen LogP contribution in [0.4, 0.5) is 5.69 Å². The zero-order valence-corrected chi connectivity index (χ0v) is 18.0. The highest BCUT2D eigenvalue weighted by atomic mass is 32.2. The number of rotatable bonds is 8. The molecule has 152 valence electrons. The fraction of sp³-hybridized carbons (Fsp3) is 0.318. The number of carbonyl (C=O) groups is 1. The maximum Gasteiger partial charge on any atom is 0.234 e. The fourth-order valence-corrected chi connectivity index (χ4v) is 3.70. The minimum absolute atomic E-state index is 0.0721. The SMILES string of the molecule is CCc1cccc(C)c1NC(=O)CSc1n[nH]c(COc2c(C)cccc2C)n1. The molecule has 3 rings (SSSR count). The molecular weight excluding hydrogens is 384 g/mol. The molecule has 3 aromatic rings. The van der Waals surface area contributed by atoms with Gasteiger partial charge in [-0.1, -0.05) is 55.1 Å². The van der Waals surface area contributed by atoms with E-state index in [1.807, 2.05) is 57.2 Å². The average molecular weight is 411 g/mol. The molecule has 7 heteroatoms. The van der Waals surface area contributed by atoms with Gasteiger partial charge in [0.25, 0.3) is 0 Å². The molecule has 0 aliphatic carbocycles. The number of nitrogens with zero attached hydrogens (tertiary/aromatic N) is 2. The van der Waals surface area contributed by atoms with Gasteiger partial charge in [0, 0.05) is 5.69 Å². The fourth-order valence-electron chi connectivity index (χ4n) is 3.08. The lowest BCUT2D eigenvalue weighted by Gasteiger charge is -2.12. The van der Waals surface area contributed by atoms with Crippen molar-refractivity contribution in [2.75, 3.05) is 11.1 Å². The summed E-state index contributed by atoms with van der Waals surface area (Å²) >= 11 is 1.29. The van der Waals surface area contributed by atoms with E-state index < -0.39 is 0 Å². The van der Waals surface area contributed by atoms with E-state index >= 15 is 0 Å². The van der Waals surface area contributed by atoms with Crippen LogP contribution in [0, 0.1) is 20.8 Å². The Hall–Kier alpha value is -2.80. The first kappa shape index (κ1) is 20.9. The first-order chi connectivity index (χ1) is 14.0. The number of H-pyrrole nitrogens is 1. The van der Waals surface area contributed by atoms with Crippen LogP contribution in [0.25, 0.3) is 0 Å². The third kappa shape index (κ3) is 5.38.